The highest BCUT2D eigenvalue weighted by Gasteiger charge is 2.27. The highest BCUT2D eigenvalue weighted by molar-refractivity contribution is 5.79. The van der Waals surface area contributed by atoms with Crippen LogP contribution in [0, 0.1) is 11.8 Å². The van der Waals surface area contributed by atoms with Crippen LogP contribution in [0.25, 0.3) is 0 Å². The SMILES string of the molecule is C[C@@H]1CC[C@H]2C=CC=CC2NC1=O. The molecule has 2 aliphatic rings. The zero-order chi connectivity index (χ0) is 9.26. The van der Waals surface area contributed by atoms with E-state index in [1.807, 2.05) is 13.0 Å². The number of carbonyl (C=O) groups is 1. The highest BCUT2D eigenvalue weighted by atomic mass is 16.1. The van der Waals surface area contributed by atoms with E-state index in [-0.39, 0.29) is 17.9 Å². The molecule has 13 heavy (non-hydrogen) atoms. The lowest BCUT2D eigenvalue weighted by molar-refractivity contribution is -0.124. The number of fused-ring (bicyclic) bond motifs is 1. The molecule has 1 saturated heterocycles. The third kappa shape index (κ3) is 1.67. The van der Waals surface area contributed by atoms with Crippen LogP contribution in [0.3, 0.4) is 0 Å². The van der Waals surface area contributed by atoms with Crippen molar-refractivity contribution < 1.29 is 4.79 Å². The normalized spacial score (nSPS) is 37.9. The molecule has 0 saturated carbocycles. The Hall–Kier alpha value is -1.05. The first kappa shape index (κ1) is 8.54. The van der Waals surface area contributed by atoms with Gasteiger partial charge in [-0.3, -0.25) is 4.79 Å². The lowest BCUT2D eigenvalue weighted by Gasteiger charge is -2.21. The fourth-order valence-corrected chi connectivity index (χ4v) is 1.96. The van der Waals surface area contributed by atoms with Crippen LogP contribution in [0.5, 0.6) is 0 Å². The van der Waals surface area contributed by atoms with Gasteiger partial charge in [0.2, 0.25) is 5.91 Å². The molecule has 70 valence electrons. The van der Waals surface area contributed by atoms with Crippen molar-refractivity contribution in [3.05, 3.63) is 24.3 Å². The van der Waals surface area contributed by atoms with Crippen LogP contribution in [0.1, 0.15) is 19.8 Å². The average Bonchev–Trinajstić information content (AvgIpc) is 2.28. The quantitative estimate of drug-likeness (QED) is 0.599. The molecule has 1 heterocycles. The molecule has 1 fully saturated rings. The predicted molar refractivity (Wildman–Crippen MR) is 52.1 cm³/mol. The van der Waals surface area contributed by atoms with Crippen molar-refractivity contribution in [3.8, 4) is 0 Å². The van der Waals surface area contributed by atoms with E-state index in [1.165, 1.54) is 0 Å². The van der Waals surface area contributed by atoms with Crippen molar-refractivity contribution in [1.29, 1.82) is 0 Å². The fourth-order valence-electron chi connectivity index (χ4n) is 1.96. The maximum atomic E-state index is 11.5. The summed E-state index contributed by atoms with van der Waals surface area (Å²) >= 11 is 0. The molecule has 3 atom stereocenters. The van der Waals surface area contributed by atoms with Gasteiger partial charge in [-0.2, -0.15) is 0 Å². The Kier molecular flexibility index (Phi) is 2.21. The van der Waals surface area contributed by atoms with E-state index < -0.39 is 0 Å². The van der Waals surface area contributed by atoms with Gasteiger partial charge in [-0.15, -0.1) is 0 Å². The van der Waals surface area contributed by atoms with E-state index in [0.29, 0.717) is 5.92 Å². The molecule has 0 aromatic heterocycles. The molecule has 2 nitrogen and oxygen atoms in total. The van der Waals surface area contributed by atoms with Crippen molar-refractivity contribution >= 4 is 5.91 Å². The average molecular weight is 177 g/mol. The summed E-state index contributed by atoms with van der Waals surface area (Å²) in [7, 11) is 0. The summed E-state index contributed by atoms with van der Waals surface area (Å²) in [6, 6.07) is 0.238. The van der Waals surface area contributed by atoms with Crippen molar-refractivity contribution in [2.24, 2.45) is 11.8 Å². The molecule has 1 aliphatic heterocycles. The van der Waals surface area contributed by atoms with E-state index >= 15 is 0 Å². The minimum Gasteiger partial charge on any atom is -0.349 e. The number of hydrogen-bond donors (Lipinski definition) is 1. The van der Waals surface area contributed by atoms with Gasteiger partial charge < -0.3 is 5.32 Å². The monoisotopic (exact) mass is 177 g/mol. The number of hydrogen-bond acceptors (Lipinski definition) is 1. The Bertz CT molecular complexity index is 267. The van der Waals surface area contributed by atoms with Crippen molar-refractivity contribution in [2.75, 3.05) is 0 Å². The Labute approximate surface area is 78.7 Å². The molecule has 1 N–H and O–H groups in total. The van der Waals surface area contributed by atoms with Gasteiger partial charge in [0.15, 0.2) is 0 Å². The summed E-state index contributed by atoms with van der Waals surface area (Å²) in [4.78, 5) is 11.5. The zero-order valence-electron chi connectivity index (χ0n) is 7.86. The van der Waals surface area contributed by atoms with Gasteiger partial charge in [0, 0.05) is 11.8 Å². The van der Waals surface area contributed by atoms with Gasteiger partial charge in [0.1, 0.15) is 0 Å². The molecule has 0 aromatic carbocycles. The summed E-state index contributed by atoms with van der Waals surface area (Å²) in [6.45, 7) is 2.00. The van der Waals surface area contributed by atoms with Crippen LogP contribution in [0.4, 0.5) is 0 Å². The maximum absolute atomic E-state index is 11.5. The van der Waals surface area contributed by atoms with Gasteiger partial charge >= 0.3 is 0 Å². The summed E-state index contributed by atoms with van der Waals surface area (Å²) in [5, 5.41) is 3.05. The smallest absolute Gasteiger partial charge is 0.223 e. The van der Waals surface area contributed by atoms with Crippen LogP contribution < -0.4 is 5.32 Å². The van der Waals surface area contributed by atoms with Gasteiger partial charge in [-0.25, -0.2) is 0 Å². The first-order chi connectivity index (χ1) is 6.27. The molecule has 0 aromatic rings. The Balaban J connectivity index is 2.15. The largest absolute Gasteiger partial charge is 0.349 e. The molecule has 0 radical (unpaired) electrons. The van der Waals surface area contributed by atoms with E-state index in [9.17, 15) is 4.79 Å². The third-order valence-corrected chi connectivity index (χ3v) is 2.94. The number of nitrogens with one attached hydrogen (secondary N) is 1. The number of rotatable bonds is 0. The van der Waals surface area contributed by atoms with Gasteiger partial charge in [-0.05, 0) is 12.8 Å². The van der Waals surface area contributed by atoms with Crippen LogP contribution in [-0.2, 0) is 4.79 Å². The van der Waals surface area contributed by atoms with Crippen molar-refractivity contribution in [2.45, 2.75) is 25.8 Å². The molecule has 1 amide bonds. The summed E-state index contributed by atoms with van der Waals surface area (Å²) in [5.41, 5.74) is 0. The standard InChI is InChI=1S/C11H15NO/c1-8-6-7-9-4-2-3-5-10(9)12-11(8)13/h2-5,8-10H,6-7H2,1H3,(H,12,13)/t8-,9-,10?/m1/s1. The summed E-state index contributed by atoms with van der Waals surface area (Å²) < 4.78 is 0. The van der Waals surface area contributed by atoms with Gasteiger partial charge in [0.25, 0.3) is 0 Å². The van der Waals surface area contributed by atoms with Crippen LogP contribution in [0.2, 0.25) is 0 Å². The molecular formula is C11H15NO. The highest BCUT2D eigenvalue weighted by Crippen LogP contribution is 2.24. The van der Waals surface area contributed by atoms with E-state index in [0.717, 1.165) is 12.8 Å². The first-order valence-electron chi connectivity index (χ1n) is 4.93. The molecule has 2 heteroatoms. The molecule has 1 unspecified atom stereocenters. The van der Waals surface area contributed by atoms with E-state index in [4.69, 9.17) is 0 Å². The Morgan fingerprint density at radius 3 is 2.92 bits per heavy atom. The Morgan fingerprint density at radius 1 is 1.31 bits per heavy atom. The molecule has 0 spiro atoms. The molecule has 0 bridgehead atoms. The fraction of sp³-hybridized carbons (Fsp3) is 0.545. The molecule has 2 rings (SSSR count). The molecular weight excluding hydrogens is 162 g/mol. The second kappa shape index (κ2) is 3.36. The second-order valence-corrected chi connectivity index (χ2v) is 3.95. The summed E-state index contributed by atoms with van der Waals surface area (Å²) in [5.74, 6) is 0.888. The molecule has 1 aliphatic carbocycles. The third-order valence-electron chi connectivity index (χ3n) is 2.94. The zero-order valence-corrected chi connectivity index (χ0v) is 7.86. The van der Waals surface area contributed by atoms with Crippen LogP contribution >= 0.6 is 0 Å². The van der Waals surface area contributed by atoms with Crippen molar-refractivity contribution in [3.63, 3.8) is 0 Å². The van der Waals surface area contributed by atoms with Gasteiger partial charge in [-0.1, -0.05) is 31.2 Å². The van der Waals surface area contributed by atoms with Crippen LogP contribution in [0.15, 0.2) is 24.3 Å². The number of carbonyl (C=O) groups excluding carboxylic acids is 1. The number of allylic oxidation sites excluding steroid dienone is 2. The second-order valence-electron chi connectivity index (χ2n) is 3.95. The lowest BCUT2D eigenvalue weighted by Crippen LogP contribution is -2.38. The maximum Gasteiger partial charge on any atom is 0.223 e. The van der Waals surface area contributed by atoms with Crippen LogP contribution in [-0.4, -0.2) is 11.9 Å². The van der Waals surface area contributed by atoms with E-state index in [1.54, 1.807) is 0 Å². The minimum atomic E-state index is 0.174. The summed E-state index contributed by atoms with van der Waals surface area (Å²) in [6.07, 6.45) is 10.5. The number of amides is 1. The predicted octanol–water partition coefficient (Wildman–Crippen LogP) is 1.64. The lowest BCUT2D eigenvalue weighted by atomic mass is 9.91. The minimum absolute atomic E-state index is 0.174. The van der Waals surface area contributed by atoms with Gasteiger partial charge in [0.05, 0.1) is 6.04 Å². The topological polar surface area (TPSA) is 29.1 Å². The first-order valence-corrected chi connectivity index (χ1v) is 4.93. The van der Waals surface area contributed by atoms with Crippen molar-refractivity contribution in [1.82, 2.24) is 5.32 Å². The van der Waals surface area contributed by atoms with E-state index in [2.05, 4.69) is 23.5 Å². The Morgan fingerprint density at radius 2 is 2.08 bits per heavy atom.